The smallest absolute Gasteiger partial charge is 0.266 e. The van der Waals surface area contributed by atoms with Crippen LogP contribution in [0.1, 0.15) is 31.9 Å². The molecular formula is C25H28F3N8O2-. The molecule has 3 N–H and O–H groups in total. The molecule has 38 heavy (non-hydrogen) atoms. The van der Waals surface area contributed by atoms with Gasteiger partial charge >= 0.3 is 0 Å². The van der Waals surface area contributed by atoms with E-state index >= 15 is 0 Å². The predicted molar refractivity (Wildman–Crippen MR) is 136 cm³/mol. The van der Waals surface area contributed by atoms with Crippen molar-refractivity contribution >= 4 is 17.2 Å². The molecule has 2 aliphatic rings. The first-order valence-electron chi connectivity index (χ1n) is 11.8. The normalized spacial score (nSPS) is 18.5. The zero-order valence-electron chi connectivity index (χ0n) is 21.3. The number of nitrogens with zero attached hydrogens (tertiary/aromatic N) is 6. The number of rotatable bonds is 9. The number of nitrogens with one attached hydrogen (secondary N) is 1. The summed E-state index contributed by atoms with van der Waals surface area (Å²) in [7, 11) is 1.41. The third kappa shape index (κ3) is 5.07. The number of halogens is 3. The molecular weight excluding hydrogens is 501 g/mol. The first kappa shape index (κ1) is 27.1. The van der Waals surface area contributed by atoms with Crippen LogP contribution in [0, 0.1) is 11.2 Å². The number of ether oxygens (including phenoxy) is 2. The lowest BCUT2D eigenvalue weighted by atomic mass is 9.79. The van der Waals surface area contributed by atoms with Gasteiger partial charge in [-0.3, -0.25) is 15.5 Å². The van der Waals surface area contributed by atoms with Gasteiger partial charge in [0.05, 0.1) is 12.2 Å². The van der Waals surface area contributed by atoms with E-state index in [1.807, 2.05) is 0 Å². The summed E-state index contributed by atoms with van der Waals surface area (Å²) in [5, 5.41) is 13.2. The van der Waals surface area contributed by atoms with Crippen molar-refractivity contribution in [1.82, 2.24) is 10.4 Å². The van der Waals surface area contributed by atoms with Crippen LogP contribution in [0.2, 0.25) is 0 Å². The molecule has 0 aliphatic carbocycles. The fourth-order valence-electron chi connectivity index (χ4n) is 4.46. The highest BCUT2D eigenvalue weighted by atomic mass is 19.3. The topological polar surface area (TPSA) is 124 Å². The minimum Gasteiger partial charge on any atom is -0.358 e. The molecule has 0 saturated carbocycles. The molecule has 10 nitrogen and oxygen atoms in total. The average Bonchev–Trinajstić information content (AvgIpc) is 3.26. The van der Waals surface area contributed by atoms with Gasteiger partial charge in [0.15, 0.2) is 12.1 Å². The van der Waals surface area contributed by atoms with Gasteiger partial charge in [0.25, 0.3) is 6.43 Å². The third-order valence-corrected chi connectivity index (χ3v) is 6.11. The van der Waals surface area contributed by atoms with E-state index in [1.165, 1.54) is 13.2 Å². The maximum Gasteiger partial charge on any atom is 0.266 e. The van der Waals surface area contributed by atoms with E-state index < -0.39 is 29.7 Å². The van der Waals surface area contributed by atoms with Crippen LogP contribution in [0.4, 0.5) is 19.0 Å². The van der Waals surface area contributed by atoms with Crippen molar-refractivity contribution in [3.63, 3.8) is 0 Å². The number of hydrogen-bond acceptors (Lipinski definition) is 8. The second-order valence-electron chi connectivity index (χ2n) is 8.93. The molecule has 3 heterocycles. The van der Waals surface area contributed by atoms with Gasteiger partial charge in [0.2, 0.25) is 0 Å². The van der Waals surface area contributed by atoms with Crippen LogP contribution in [0.15, 0.2) is 75.1 Å². The van der Waals surface area contributed by atoms with Crippen LogP contribution in [-0.2, 0) is 16.0 Å². The number of hydrogen-bond donors (Lipinski definition) is 2. The molecule has 0 radical (unpaired) electrons. The molecule has 13 heteroatoms. The molecule has 0 fully saturated rings. The summed E-state index contributed by atoms with van der Waals surface area (Å²) in [6.07, 6.45) is -2.34. The van der Waals surface area contributed by atoms with Crippen molar-refractivity contribution in [2.24, 2.45) is 26.6 Å². The number of fused-ring (bicyclic) bond motifs is 1. The summed E-state index contributed by atoms with van der Waals surface area (Å²) in [6.45, 7) is 5.46. The van der Waals surface area contributed by atoms with Crippen molar-refractivity contribution in [3.8, 4) is 0 Å². The SMILES string of the molecule is CCOC(OC)C(C)(C)C1=C(N=NN)[N-]C(=C2NN(Cc3ccccc3F)c3ncccc32)N=C1C(F)F. The van der Waals surface area contributed by atoms with Crippen LogP contribution < -0.4 is 16.3 Å². The van der Waals surface area contributed by atoms with Crippen LogP contribution in [-0.4, -0.2) is 37.1 Å². The molecule has 1 atom stereocenters. The Labute approximate surface area is 218 Å². The number of aromatic nitrogens is 1. The van der Waals surface area contributed by atoms with E-state index in [4.69, 9.17) is 15.3 Å². The van der Waals surface area contributed by atoms with Gasteiger partial charge < -0.3 is 25.6 Å². The molecule has 0 amide bonds. The van der Waals surface area contributed by atoms with Gasteiger partial charge in [0.1, 0.15) is 5.82 Å². The number of pyridine rings is 1. The quantitative estimate of drug-likeness (QED) is 0.203. The van der Waals surface area contributed by atoms with Crippen molar-refractivity contribution in [1.29, 1.82) is 0 Å². The molecule has 0 spiro atoms. The molecule has 2 aliphatic heterocycles. The minimum absolute atomic E-state index is 0.0148. The number of hydrazine groups is 1. The molecule has 4 rings (SSSR count). The van der Waals surface area contributed by atoms with E-state index in [-0.39, 0.29) is 36.1 Å². The Balaban J connectivity index is 1.83. The third-order valence-electron chi connectivity index (χ3n) is 6.11. The summed E-state index contributed by atoms with van der Waals surface area (Å²) in [4.78, 5) is 8.65. The van der Waals surface area contributed by atoms with Gasteiger partial charge in [-0.2, -0.15) is 5.22 Å². The molecule has 0 saturated heterocycles. The van der Waals surface area contributed by atoms with Crippen LogP contribution in [0.5, 0.6) is 0 Å². The minimum atomic E-state index is -3.00. The zero-order chi connectivity index (χ0) is 27.4. The second kappa shape index (κ2) is 11.2. The van der Waals surface area contributed by atoms with E-state index in [0.29, 0.717) is 16.9 Å². The van der Waals surface area contributed by atoms with E-state index in [2.05, 4.69) is 31.1 Å². The largest absolute Gasteiger partial charge is 0.358 e. The van der Waals surface area contributed by atoms with Crippen molar-refractivity contribution in [3.05, 3.63) is 82.1 Å². The summed E-state index contributed by atoms with van der Waals surface area (Å²) in [5.74, 6) is 5.16. The first-order chi connectivity index (χ1) is 18.2. The van der Waals surface area contributed by atoms with E-state index in [0.717, 1.165) is 0 Å². The van der Waals surface area contributed by atoms with Gasteiger partial charge in [0, 0.05) is 53.8 Å². The van der Waals surface area contributed by atoms with Crippen LogP contribution in [0.3, 0.4) is 0 Å². The molecule has 2 aromatic rings. The van der Waals surface area contributed by atoms with Gasteiger partial charge in [-0.15, -0.1) is 0 Å². The van der Waals surface area contributed by atoms with Gasteiger partial charge in [-0.05, 0) is 30.7 Å². The zero-order valence-corrected chi connectivity index (χ0v) is 21.3. The van der Waals surface area contributed by atoms with Crippen molar-refractivity contribution in [2.45, 2.75) is 40.0 Å². The Bertz CT molecular complexity index is 1310. The summed E-state index contributed by atoms with van der Waals surface area (Å²) in [5.41, 5.74) is 2.58. The molecule has 202 valence electrons. The maximum absolute atomic E-state index is 14.5. The van der Waals surface area contributed by atoms with E-state index in [9.17, 15) is 13.2 Å². The summed E-state index contributed by atoms with van der Waals surface area (Å²) >= 11 is 0. The van der Waals surface area contributed by atoms with Crippen LogP contribution >= 0.6 is 0 Å². The fourth-order valence-corrected chi connectivity index (χ4v) is 4.46. The number of benzene rings is 1. The maximum atomic E-state index is 14.5. The van der Waals surface area contributed by atoms with Gasteiger partial charge in [-0.1, -0.05) is 32.0 Å². The van der Waals surface area contributed by atoms with Crippen molar-refractivity contribution in [2.75, 3.05) is 18.7 Å². The average molecular weight is 530 g/mol. The van der Waals surface area contributed by atoms with E-state index in [1.54, 1.807) is 62.3 Å². The number of anilines is 1. The van der Waals surface area contributed by atoms with Crippen LogP contribution in [0.25, 0.3) is 11.0 Å². The number of aliphatic imine (C=N–C) groups is 1. The summed E-state index contributed by atoms with van der Waals surface area (Å²) in [6, 6.07) is 9.73. The number of methoxy groups -OCH3 is 1. The Kier molecular flexibility index (Phi) is 7.97. The highest BCUT2D eigenvalue weighted by molar-refractivity contribution is 6.07. The fraction of sp³-hybridized carbons (Fsp3) is 0.360. The Morgan fingerprint density at radius 3 is 2.63 bits per heavy atom. The second-order valence-corrected chi connectivity index (χ2v) is 8.93. The molecule has 0 bridgehead atoms. The highest BCUT2D eigenvalue weighted by Crippen LogP contribution is 2.45. The molecule has 1 unspecified atom stereocenters. The number of alkyl halides is 2. The standard InChI is InChI=1S/C25H28F3N8O2/c1-5-38-24(37-4)25(2,3)17-19(20(27)28)31-22(32-21(17)33-35-29)18-15-10-8-12-30-23(15)36(34-18)13-14-9-6-7-11-16(14)26/h6-12,20,24,34H,5,13H2,1-4H3,(H2,29,33)/q-1. The monoisotopic (exact) mass is 529 g/mol. The Morgan fingerprint density at radius 1 is 1.21 bits per heavy atom. The first-order valence-corrected chi connectivity index (χ1v) is 11.8. The lowest BCUT2D eigenvalue weighted by Crippen LogP contribution is -2.41. The predicted octanol–water partition coefficient (Wildman–Crippen LogP) is 5.04. The Hall–Kier alpha value is -3.97. The molecule has 1 aromatic heterocycles. The highest BCUT2D eigenvalue weighted by Gasteiger charge is 2.41. The number of nitrogens with two attached hydrogens (primary N) is 1. The lowest BCUT2D eigenvalue weighted by molar-refractivity contribution is -0.169. The lowest BCUT2D eigenvalue weighted by Gasteiger charge is -2.40. The molecule has 1 aromatic carbocycles. The Morgan fingerprint density at radius 2 is 1.97 bits per heavy atom. The van der Waals surface area contributed by atoms with Crippen molar-refractivity contribution < 1.29 is 22.6 Å². The summed E-state index contributed by atoms with van der Waals surface area (Å²) < 4.78 is 54.5. The van der Waals surface area contributed by atoms with Gasteiger partial charge in [-0.25, -0.2) is 18.2 Å².